The molecule has 0 saturated heterocycles. The van der Waals surface area contributed by atoms with Gasteiger partial charge in [-0.2, -0.15) is 0 Å². The molecule has 0 aromatic heterocycles. The summed E-state index contributed by atoms with van der Waals surface area (Å²) in [5.41, 5.74) is 3.73. The molecular weight excluding hydrogens is 258 g/mol. The van der Waals surface area contributed by atoms with Crippen molar-refractivity contribution in [1.29, 1.82) is 0 Å². The van der Waals surface area contributed by atoms with Gasteiger partial charge in [0.1, 0.15) is 12.4 Å². The van der Waals surface area contributed by atoms with Crippen molar-refractivity contribution in [1.82, 2.24) is 5.32 Å². The van der Waals surface area contributed by atoms with Crippen LogP contribution < -0.4 is 10.1 Å². The van der Waals surface area contributed by atoms with E-state index in [-0.39, 0.29) is 0 Å². The molecule has 0 atom stereocenters. The Morgan fingerprint density at radius 3 is 2.52 bits per heavy atom. The van der Waals surface area contributed by atoms with Gasteiger partial charge in [0.15, 0.2) is 0 Å². The number of nitrogens with one attached hydrogen (secondary N) is 1. The number of ether oxygens (including phenoxy) is 1. The second-order valence-corrected chi connectivity index (χ2v) is 5.95. The summed E-state index contributed by atoms with van der Waals surface area (Å²) in [7, 11) is 0. The second kappa shape index (κ2) is 7.84. The maximum Gasteiger partial charge on any atom is 0.120 e. The number of aryl methyl sites for hydroxylation is 1. The predicted octanol–water partition coefficient (Wildman–Crippen LogP) is 4.32. The summed E-state index contributed by atoms with van der Waals surface area (Å²) in [5, 5.41) is 3.45. The van der Waals surface area contributed by atoms with Crippen LogP contribution in [0.4, 0.5) is 0 Å². The van der Waals surface area contributed by atoms with Crippen molar-refractivity contribution in [3.63, 3.8) is 0 Å². The van der Waals surface area contributed by atoms with Gasteiger partial charge in [0, 0.05) is 6.54 Å². The van der Waals surface area contributed by atoms with Gasteiger partial charge in [-0.3, -0.25) is 0 Å². The first kappa shape index (κ1) is 15.6. The van der Waals surface area contributed by atoms with E-state index in [0.29, 0.717) is 12.5 Å². The van der Waals surface area contributed by atoms with E-state index in [0.717, 1.165) is 18.8 Å². The van der Waals surface area contributed by atoms with Gasteiger partial charge in [0.2, 0.25) is 0 Å². The Morgan fingerprint density at radius 2 is 1.76 bits per heavy atom. The highest BCUT2D eigenvalue weighted by Gasteiger charge is 2.00. The summed E-state index contributed by atoms with van der Waals surface area (Å²) in [4.78, 5) is 0. The van der Waals surface area contributed by atoms with Crippen molar-refractivity contribution in [3.05, 3.63) is 65.2 Å². The number of benzene rings is 2. The fraction of sp³-hybridized carbons (Fsp3) is 0.368. The zero-order valence-corrected chi connectivity index (χ0v) is 13.2. The van der Waals surface area contributed by atoms with Crippen LogP contribution in [0.15, 0.2) is 48.5 Å². The van der Waals surface area contributed by atoms with E-state index in [2.05, 4.69) is 68.6 Å². The minimum absolute atomic E-state index is 0.616. The van der Waals surface area contributed by atoms with Crippen LogP contribution in [0, 0.1) is 12.8 Å². The molecule has 0 bridgehead atoms. The van der Waals surface area contributed by atoms with Crippen LogP contribution in [0.25, 0.3) is 0 Å². The van der Waals surface area contributed by atoms with E-state index in [1.165, 1.54) is 16.7 Å². The van der Waals surface area contributed by atoms with E-state index in [9.17, 15) is 0 Å². The van der Waals surface area contributed by atoms with Gasteiger partial charge in [0.25, 0.3) is 0 Å². The van der Waals surface area contributed by atoms with E-state index < -0.39 is 0 Å². The molecule has 2 nitrogen and oxygen atoms in total. The summed E-state index contributed by atoms with van der Waals surface area (Å²) >= 11 is 0. The Kier molecular flexibility index (Phi) is 5.82. The molecule has 0 aliphatic carbocycles. The molecule has 2 heteroatoms. The van der Waals surface area contributed by atoms with Crippen molar-refractivity contribution in [2.45, 2.75) is 33.9 Å². The molecule has 0 spiro atoms. The molecule has 0 amide bonds. The van der Waals surface area contributed by atoms with Gasteiger partial charge in [-0.25, -0.2) is 0 Å². The van der Waals surface area contributed by atoms with Crippen LogP contribution in [0.5, 0.6) is 5.75 Å². The SMILES string of the molecule is Cc1cccc(COc2cccc(CNCC(C)C)c2)c1. The van der Waals surface area contributed by atoms with Crippen LogP contribution in [0.1, 0.15) is 30.5 Å². The Bertz CT molecular complexity index is 563. The van der Waals surface area contributed by atoms with E-state index in [1.54, 1.807) is 0 Å². The molecule has 0 aliphatic rings. The molecule has 0 fully saturated rings. The molecule has 0 radical (unpaired) electrons. The van der Waals surface area contributed by atoms with Gasteiger partial charge in [0.05, 0.1) is 0 Å². The molecular formula is C19H25NO. The molecule has 21 heavy (non-hydrogen) atoms. The van der Waals surface area contributed by atoms with Crippen molar-refractivity contribution in [3.8, 4) is 5.75 Å². The third-order valence-corrected chi connectivity index (χ3v) is 3.27. The first-order chi connectivity index (χ1) is 10.1. The fourth-order valence-electron chi connectivity index (χ4n) is 2.22. The van der Waals surface area contributed by atoms with Gasteiger partial charge in [-0.1, -0.05) is 55.8 Å². The molecule has 112 valence electrons. The molecule has 0 aliphatic heterocycles. The van der Waals surface area contributed by atoms with E-state index in [1.807, 2.05) is 6.07 Å². The largest absolute Gasteiger partial charge is 0.489 e. The molecule has 2 aromatic carbocycles. The van der Waals surface area contributed by atoms with Crippen molar-refractivity contribution in [2.24, 2.45) is 5.92 Å². The van der Waals surface area contributed by atoms with Crippen molar-refractivity contribution < 1.29 is 4.74 Å². The molecule has 0 heterocycles. The minimum Gasteiger partial charge on any atom is -0.489 e. The zero-order chi connectivity index (χ0) is 15.1. The zero-order valence-electron chi connectivity index (χ0n) is 13.2. The van der Waals surface area contributed by atoms with Crippen LogP contribution in [0.3, 0.4) is 0 Å². The van der Waals surface area contributed by atoms with Gasteiger partial charge in [-0.15, -0.1) is 0 Å². The van der Waals surface area contributed by atoms with Crippen LogP contribution in [-0.4, -0.2) is 6.54 Å². The monoisotopic (exact) mass is 283 g/mol. The van der Waals surface area contributed by atoms with Gasteiger partial charge >= 0.3 is 0 Å². The predicted molar refractivity (Wildman–Crippen MR) is 88.5 cm³/mol. The first-order valence-electron chi connectivity index (χ1n) is 7.61. The Labute approximate surface area is 128 Å². The first-order valence-corrected chi connectivity index (χ1v) is 7.61. The van der Waals surface area contributed by atoms with Crippen LogP contribution in [0.2, 0.25) is 0 Å². The van der Waals surface area contributed by atoms with Crippen molar-refractivity contribution in [2.75, 3.05) is 6.54 Å². The lowest BCUT2D eigenvalue weighted by molar-refractivity contribution is 0.305. The summed E-state index contributed by atoms with van der Waals surface area (Å²) in [6.07, 6.45) is 0. The van der Waals surface area contributed by atoms with E-state index >= 15 is 0 Å². The Balaban J connectivity index is 1.88. The lowest BCUT2D eigenvalue weighted by atomic mass is 10.1. The van der Waals surface area contributed by atoms with Gasteiger partial charge < -0.3 is 10.1 Å². The maximum absolute atomic E-state index is 5.89. The average Bonchev–Trinajstić information content (AvgIpc) is 2.45. The topological polar surface area (TPSA) is 21.3 Å². The Morgan fingerprint density at radius 1 is 1.00 bits per heavy atom. The number of rotatable bonds is 7. The average molecular weight is 283 g/mol. The highest BCUT2D eigenvalue weighted by atomic mass is 16.5. The van der Waals surface area contributed by atoms with Gasteiger partial charge in [-0.05, 0) is 42.6 Å². The normalized spacial score (nSPS) is 10.9. The van der Waals surface area contributed by atoms with E-state index in [4.69, 9.17) is 4.74 Å². The minimum atomic E-state index is 0.616. The second-order valence-electron chi connectivity index (χ2n) is 5.95. The smallest absolute Gasteiger partial charge is 0.120 e. The quantitative estimate of drug-likeness (QED) is 0.817. The molecule has 1 N–H and O–H groups in total. The summed E-state index contributed by atoms with van der Waals surface area (Å²) < 4.78 is 5.89. The summed E-state index contributed by atoms with van der Waals surface area (Å²) in [5.74, 6) is 1.60. The lowest BCUT2D eigenvalue weighted by Crippen LogP contribution is -2.18. The number of hydrogen-bond acceptors (Lipinski definition) is 2. The summed E-state index contributed by atoms with van der Waals surface area (Å²) in [6, 6.07) is 16.7. The van der Waals surface area contributed by atoms with Crippen LogP contribution in [-0.2, 0) is 13.2 Å². The molecule has 0 unspecified atom stereocenters. The molecule has 2 aromatic rings. The third kappa shape index (κ3) is 5.60. The van der Waals surface area contributed by atoms with Crippen molar-refractivity contribution >= 4 is 0 Å². The third-order valence-electron chi connectivity index (χ3n) is 3.27. The highest BCUT2D eigenvalue weighted by Crippen LogP contribution is 2.15. The molecule has 2 rings (SSSR count). The lowest BCUT2D eigenvalue weighted by Gasteiger charge is -2.10. The maximum atomic E-state index is 5.89. The standard InChI is InChI=1S/C19H25NO/c1-15(2)12-20-13-17-7-5-9-19(11-17)21-14-18-8-4-6-16(3)10-18/h4-11,15,20H,12-14H2,1-3H3. The number of hydrogen-bond donors (Lipinski definition) is 1. The molecule has 0 saturated carbocycles. The van der Waals surface area contributed by atoms with Crippen LogP contribution >= 0.6 is 0 Å². The fourth-order valence-corrected chi connectivity index (χ4v) is 2.22. The highest BCUT2D eigenvalue weighted by molar-refractivity contribution is 5.29. The Hall–Kier alpha value is -1.80. The summed E-state index contributed by atoms with van der Waals surface area (Å²) in [6.45, 7) is 9.08.